The fourth-order valence-corrected chi connectivity index (χ4v) is 3.48. The SMILES string of the molecule is O=C1NC(=O)/C(=C/c2ccc(OCc3ccc(C(F)(F)F)cc3C(F)(F)F)cc2Cl)S1. The van der Waals surface area contributed by atoms with Gasteiger partial charge in [-0.1, -0.05) is 17.7 Å². The van der Waals surface area contributed by atoms with Gasteiger partial charge in [0.2, 0.25) is 0 Å². The number of ether oxygens (including phenoxy) is 1. The number of carbonyl (C=O) groups excluding carboxylic acids is 2. The fourth-order valence-electron chi connectivity index (χ4n) is 2.58. The summed E-state index contributed by atoms with van der Waals surface area (Å²) in [6.07, 6.45) is -8.57. The van der Waals surface area contributed by atoms with Gasteiger partial charge in [0, 0.05) is 5.56 Å². The summed E-state index contributed by atoms with van der Waals surface area (Å²) in [5, 5.41) is 1.62. The van der Waals surface area contributed by atoms with Crippen LogP contribution in [0.5, 0.6) is 5.75 Å². The van der Waals surface area contributed by atoms with E-state index in [1.54, 1.807) is 0 Å². The number of alkyl halides is 6. The van der Waals surface area contributed by atoms with Crippen molar-refractivity contribution in [2.45, 2.75) is 19.0 Å². The van der Waals surface area contributed by atoms with E-state index < -0.39 is 46.8 Å². The number of halogens is 7. The molecule has 0 saturated carbocycles. The minimum Gasteiger partial charge on any atom is -0.489 e. The molecule has 12 heteroatoms. The molecule has 2 aromatic carbocycles. The van der Waals surface area contributed by atoms with E-state index in [9.17, 15) is 35.9 Å². The van der Waals surface area contributed by atoms with E-state index >= 15 is 0 Å². The Bertz CT molecular complexity index is 1080. The maximum Gasteiger partial charge on any atom is 0.416 e. The van der Waals surface area contributed by atoms with E-state index in [1.807, 2.05) is 0 Å². The van der Waals surface area contributed by atoms with Gasteiger partial charge in [0.15, 0.2) is 0 Å². The molecule has 1 N–H and O–H groups in total. The van der Waals surface area contributed by atoms with Gasteiger partial charge in [-0.3, -0.25) is 14.9 Å². The highest BCUT2D eigenvalue weighted by Crippen LogP contribution is 2.38. The lowest BCUT2D eigenvalue weighted by molar-refractivity contribution is -0.143. The van der Waals surface area contributed by atoms with Gasteiger partial charge in [-0.25, -0.2) is 0 Å². The molecule has 0 aromatic heterocycles. The zero-order valence-corrected chi connectivity index (χ0v) is 16.6. The monoisotopic (exact) mass is 481 g/mol. The van der Waals surface area contributed by atoms with E-state index in [0.717, 1.165) is 0 Å². The number of carbonyl (C=O) groups is 2. The van der Waals surface area contributed by atoms with Crippen LogP contribution in [0.1, 0.15) is 22.3 Å². The van der Waals surface area contributed by atoms with Crippen molar-refractivity contribution in [1.82, 2.24) is 5.32 Å². The van der Waals surface area contributed by atoms with Crippen molar-refractivity contribution in [3.05, 3.63) is 68.6 Å². The Labute approximate surface area is 180 Å². The molecule has 4 nitrogen and oxygen atoms in total. The van der Waals surface area contributed by atoms with Crippen molar-refractivity contribution < 1.29 is 40.7 Å². The molecule has 0 bridgehead atoms. The van der Waals surface area contributed by atoms with Gasteiger partial charge in [-0.15, -0.1) is 0 Å². The van der Waals surface area contributed by atoms with Gasteiger partial charge in [0.25, 0.3) is 11.1 Å². The molecule has 0 aliphatic carbocycles. The smallest absolute Gasteiger partial charge is 0.416 e. The Morgan fingerprint density at radius 2 is 1.71 bits per heavy atom. The quantitative estimate of drug-likeness (QED) is 0.412. The second-order valence-corrected chi connectivity index (χ2v) is 7.61. The van der Waals surface area contributed by atoms with Crippen molar-refractivity contribution in [3.63, 3.8) is 0 Å². The van der Waals surface area contributed by atoms with Crippen LogP contribution in [0.3, 0.4) is 0 Å². The van der Waals surface area contributed by atoms with Gasteiger partial charge in [0.05, 0.1) is 21.1 Å². The fraction of sp³-hybridized carbons (Fsp3) is 0.158. The van der Waals surface area contributed by atoms with Gasteiger partial charge in [-0.05, 0) is 53.7 Å². The molecule has 164 valence electrons. The summed E-state index contributed by atoms with van der Waals surface area (Å²) in [5.74, 6) is -0.534. The third-order valence-corrected chi connectivity index (χ3v) is 5.18. The van der Waals surface area contributed by atoms with Gasteiger partial charge >= 0.3 is 12.4 Å². The normalized spacial score (nSPS) is 16.0. The number of thioether (sulfide) groups is 1. The molecule has 31 heavy (non-hydrogen) atoms. The van der Waals surface area contributed by atoms with Crippen LogP contribution in [0, 0.1) is 0 Å². The number of amides is 2. The van der Waals surface area contributed by atoms with Crippen molar-refractivity contribution in [2.75, 3.05) is 0 Å². The van der Waals surface area contributed by atoms with Crippen LogP contribution < -0.4 is 10.1 Å². The summed E-state index contributed by atoms with van der Waals surface area (Å²) < 4.78 is 83.1. The first-order valence-corrected chi connectivity index (χ1v) is 9.48. The van der Waals surface area contributed by atoms with Gasteiger partial charge in [0.1, 0.15) is 12.4 Å². The number of rotatable bonds is 4. The van der Waals surface area contributed by atoms with Crippen molar-refractivity contribution >= 4 is 40.6 Å². The second kappa shape index (κ2) is 8.46. The molecular weight excluding hydrogens is 472 g/mol. The average Bonchev–Trinajstić information content (AvgIpc) is 2.97. The maximum absolute atomic E-state index is 13.2. The average molecular weight is 482 g/mol. The van der Waals surface area contributed by atoms with Crippen LogP contribution in [0.15, 0.2) is 41.3 Å². The Kier molecular flexibility index (Phi) is 6.28. The number of benzene rings is 2. The standard InChI is InChI=1S/C19H10ClF6NO3S/c20-14-7-12(4-2-9(14)5-15-16(28)27-17(29)31-15)30-8-10-1-3-11(18(21,22)23)6-13(10)19(24,25)26/h1-7H,8H2,(H,27,28,29)/b15-5-. The molecular formula is C19H10ClF6NO3S. The van der Waals surface area contributed by atoms with E-state index in [1.165, 1.54) is 24.3 Å². The molecule has 1 saturated heterocycles. The molecule has 2 aromatic rings. The van der Waals surface area contributed by atoms with Crippen LogP contribution in [-0.4, -0.2) is 11.1 Å². The van der Waals surface area contributed by atoms with Crippen molar-refractivity contribution in [1.29, 1.82) is 0 Å². The third kappa shape index (κ3) is 5.53. The highest BCUT2D eigenvalue weighted by atomic mass is 35.5. The molecule has 0 spiro atoms. The van der Waals surface area contributed by atoms with Crippen molar-refractivity contribution in [3.8, 4) is 5.75 Å². The Hall–Kier alpha value is -2.66. The summed E-state index contributed by atoms with van der Waals surface area (Å²) in [6, 6.07) is 5.33. The zero-order chi connectivity index (χ0) is 23.0. The lowest BCUT2D eigenvalue weighted by atomic mass is 10.0. The van der Waals surface area contributed by atoms with Crippen LogP contribution in [0.25, 0.3) is 6.08 Å². The van der Waals surface area contributed by atoms with E-state index in [0.29, 0.717) is 29.5 Å². The maximum atomic E-state index is 13.2. The largest absolute Gasteiger partial charge is 0.489 e. The first-order valence-electron chi connectivity index (χ1n) is 8.29. The molecule has 0 radical (unpaired) electrons. The summed E-state index contributed by atoms with van der Waals surface area (Å²) in [7, 11) is 0. The molecule has 0 atom stereocenters. The van der Waals surface area contributed by atoms with Crippen molar-refractivity contribution in [2.24, 2.45) is 0 Å². The highest BCUT2D eigenvalue weighted by Gasteiger charge is 2.38. The first-order chi connectivity index (χ1) is 14.3. The number of nitrogens with one attached hydrogen (secondary N) is 1. The minimum atomic E-state index is -5.01. The lowest BCUT2D eigenvalue weighted by Crippen LogP contribution is -2.17. The Morgan fingerprint density at radius 3 is 2.26 bits per heavy atom. The zero-order valence-electron chi connectivity index (χ0n) is 15.0. The predicted octanol–water partition coefficient (Wildman–Crippen LogP) is 6.28. The van der Waals surface area contributed by atoms with Crippen LogP contribution in [0.4, 0.5) is 31.1 Å². The molecule has 1 fully saturated rings. The second-order valence-electron chi connectivity index (χ2n) is 6.19. The molecule has 1 aliphatic heterocycles. The Balaban J connectivity index is 1.80. The summed E-state index contributed by atoms with van der Waals surface area (Å²) in [4.78, 5) is 22.9. The molecule has 1 aliphatic rings. The van der Waals surface area contributed by atoms with Gasteiger partial charge in [-0.2, -0.15) is 26.3 Å². The number of hydrogen-bond donors (Lipinski definition) is 1. The molecule has 1 heterocycles. The topological polar surface area (TPSA) is 55.4 Å². The van der Waals surface area contributed by atoms with E-state index in [-0.39, 0.29) is 21.7 Å². The minimum absolute atomic E-state index is 0.0343. The number of imide groups is 1. The highest BCUT2D eigenvalue weighted by molar-refractivity contribution is 8.18. The van der Waals surface area contributed by atoms with E-state index in [4.69, 9.17) is 16.3 Å². The lowest BCUT2D eigenvalue weighted by Gasteiger charge is -2.16. The van der Waals surface area contributed by atoms with Gasteiger partial charge < -0.3 is 4.74 Å². The molecule has 3 rings (SSSR count). The summed E-state index contributed by atoms with van der Waals surface area (Å²) in [6.45, 7) is -0.656. The molecule has 2 amide bonds. The van der Waals surface area contributed by atoms with Crippen LogP contribution >= 0.6 is 23.4 Å². The first kappa shape index (κ1) is 23.0. The predicted molar refractivity (Wildman–Crippen MR) is 101 cm³/mol. The molecule has 0 unspecified atom stereocenters. The third-order valence-electron chi connectivity index (χ3n) is 4.04. The Morgan fingerprint density at radius 1 is 1.00 bits per heavy atom. The van der Waals surface area contributed by atoms with Crippen LogP contribution in [0.2, 0.25) is 5.02 Å². The summed E-state index contributed by atoms with van der Waals surface area (Å²) >= 11 is 6.77. The number of hydrogen-bond acceptors (Lipinski definition) is 4. The van der Waals surface area contributed by atoms with E-state index in [2.05, 4.69) is 5.32 Å². The van der Waals surface area contributed by atoms with Crippen LogP contribution in [-0.2, 0) is 23.8 Å². The summed E-state index contributed by atoms with van der Waals surface area (Å²) in [5.41, 5.74) is -3.01.